The highest BCUT2D eigenvalue weighted by Gasteiger charge is 2.08. The van der Waals surface area contributed by atoms with Gasteiger partial charge in [-0.1, -0.05) is 36.2 Å². The number of hydrogen-bond donors (Lipinski definition) is 0. The molecular formula is C14H15ClN2. The van der Waals surface area contributed by atoms with Gasteiger partial charge in [-0.2, -0.15) is 0 Å². The Bertz CT molecular complexity index is 550. The Hall–Kier alpha value is -1.41. The number of rotatable bonds is 2. The van der Waals surface area contributed by atoms with Crippen molar-refractivity contribution in [3.05, 3.63) is 46.2 Å². The standard InChI is InChI=1S/C14H15ClN2/c1-4-11-8-13(15)17-14(16-11)12-7-9(2)5-6-10(12)3/h5-8H,4H2,1-3H3. The van der Waals surface area contributed by atoms with Crippen molar-refractivity contribution in [3.8, 4) is 11.4 Å². The Morgan fingerprint density at radius 3 is 2.59 bits per heavy atom. The second-order valence-electron chi connectivity index (χ2n) is 4.18. The lowest BCUT2D eigenvalue weighted by molar-refractivity contribution is 1.00. The summed E-state index contributed by atoms with van der Waals surface area (Å²) >= 11 is 6.02. The maximum atomic E-state index is 6.02. The van der Waals surface area contributed by atoms with Crippen LogP contribution in [-0.4, -0.2) is 9.97 Å². The Morgan fingerprint density at radius 2 is 1.88 bits per heavy atom. The average molecular weight is 247 g/mol. The second kappa shape index (κ2) is 4.84. The summed E-state index contributed by atoms with van der Waals surface area (Å²) in [4.78, 5) is 8.84. The predicted molar refractivity (Wildman–Crippen MR) is 71.3 cm³/mol. The first kappa shape index (κ1) is 12.1. The van der Waals surface area contributed by atoms with E-state index in [0.717, 1.165) is 23.5 Å². The molecule has 88 valence electrons. The minimum absolute atomic E-state index is 0.507. The third kappa shape index (κ3) is 2.64. The van der Waals surface area contributed by atoms with E-state index >= 15 is 0 Å². The predicted octanol–water partition coefficient (Wildman–Crippen LogP) is 3.98. The first-order valence-electron chi connectivity index (χ1n) is 5.71. The summed E-state index contributed by atoms with van der Waals surface area (Å²) in [7, 11) is 0. The van der Waals surface area contributed by atoms with E-state index in [0.29, 0.717) is 5.15 Å². The summed E-state index contributed by atoms with van der Waals surface area (Å²) in [5, 5.41) is 0.507. The lowest BCUT2D eigenvalue weighted by atomic mass is 10.1. The van der Waals surface area contributed by atoms with Crippen molar-refractivity contribution in [3.63, 3.8) is 0 Å². The topological polar surface area (TPSA) is 25.8 Å². The largest absolute Gasteiger partial charge is 0.233 e. The van der Waals surface area contributed by atoms with Gasteiger partial charge < -0.3 is 0 Å². The molecule has 0 fully saturated rings. The van der Waals surface area contributed by atoms with Crippen LogP contribution in [0, 0.1) is 13.8 Å². The monoisotopic (exact) mass is 246 g/mol. The number of nitrogens with zero attached hydrogens (tertiary/aromatic N) is 2. The smallest absolute Gasteiger partial charge is 0.161 e. The molecule has 0 saturated carbocycles. The van der Waals surface area contributed by atoms with Gasteiger partial charge in [0.1, 0.15) is 5.15 Å². The van der Waals surface area contributed by atoms with Crippen LogP contribution in [0.1, 0.15) is 23.7 Å². The number of benzene rings is 1. The normalized spacial score (nSPS) is 10.6. The highest BCUT2D eigenvalue weighted by Crippen LogP contribution is 2.23. The van der Waals surface area contributed by atoms with E-state index in [9.17, 15) is 0 Å². The van der Waals surface area contributed by atoms with E-state index in [-0.39, 0.29) is 0 Å². The zero-order valence-electron chi connectivity index (χ0n) is 10.3. The van der Waals surface area contributed by atoms with Crippen LogP contribution >= 0.6 is 11.6 Å². The van der Waals surface area contributed by atoms with Gasteiger partial charge >= 0.3 is 0 Å². The molecule has 3 heteroatoms. The zero-order chi connectivity index (χ0) is 12.4. The third-order valence-electron chi connectivity index (χ3n) is 2.74. The molecule has 0 unspecified atom stereocenters. The third-order valence-corrected chi connectivity index (χ3v) is 2.94. The summed E-state index contributed by atoms with van der Waals surface area (Å²) in [6.45, 7) is 6.18. The van der Waals surface area contributed by atoms with Gasteiger partial charge in [0.05, 0.1) is 0 Å². The number of aryl methyl sites for hydroxylation is 3. The van der Waals surface area contributed by atoms with E-state index < -0.39 is 0 Å². The molecule has 0 radical (unpaired) electrons. The van der Waals surface area contributed by atoms with Crippen molar-refractivity contribution in [1.82, 2.24) is 9.97 Å². The van der Waals surface area contributed by atoms with Crippen molar-refractivity contribution >= 4 is 11.6 Å². The lowest BCUT2D eigenvalue weighted by Gasteiger charge is -2.07. The van der Waals surface area contributed by atoms with Crippen LogP contribution in [0.3, 0.4) is 0 Å². The fraction of sp³-hybridized carbons (Fsp3) is 0.286. The van der Waals surface area contributed by atoms with Gasteiger partial charge in [-0.15, -0.1) is 0 Å². The molecule has 0 aliphatic heterocycles. The van der Waals surface area contributed by atoms with Crippen LogP contribution in [0.15, 0.2) is 24.3 Å². The molecule has 0 spiro atoms. The Labute approximate surface area is 107 Å². The van der Waals surface area contributed by atoms with Gasteiger partial charge in [0.25, 0.3) is 0 Å². The van der Waals surface area contributed by atoms with Crippen molar-refractivity contribution in [2.75, 3.05) is 0 Å². The SMILES string of the molecule is CCc1cc(Cl)nc(-c2cc(C)ccc2C)n1. The van der Waals surface area contributed by atoms with Crippen LogP contribution in [0.4, 0.5) is 0 Å². The van der Waals surface area contributed by atoms with Crippen molar-refractivity contribution in [2.45, 2.75) is 27.2 Å². The molecule has 0 saturated heterocycles. The lowest BCUT2D eigenvalue weighted by Crippen LogP contribution is -1.96. The molecule has 2 rings (SSSR count). The van der Waals surface area contributed by atoms with E-state index in [2.05, 4.69) is 48.9 Å². The molecular weight excluding hydrogens is 232 g/mol. The molecule has 0 aliphatic carbocycles. The molecule has 0 N–H and O–H groups in total. The Morgan fingerprint density at radius 1 is 1.12 bits per heavy atom. The van der Waals surface area contributed by atoms with E-state index in [1.807, 2.05) is 6.07 Å². The Kier molecular flexibility index (Phi) is 3.43. The fourth-order valence-corrected chi connectivity index (χ4v) is 1.95. The minimum atomic E-state index is 0.507. The van der Waals surface area contributed by atoms with Crippen molar-refractivity contribution in [2.24, 2.45) is 0 Å². The van der Waals surface area contributed by atoms with E-state index in [4.69, 9.17) is 11.6 Å². The average Bonchev–Trinajstić information content (AvgIpc) is 2.31. The second-order valence-corrected chi connectivity index (χ2v) is 4.56. The summed E-state index contributed by atoms with van der Waals surface area (Å²) in [5.74, 6) is 0.718. The molecule has 2 nitrogen and oxygen atoms in total. The van der Waals surface area contributed by atoms with Crippen LogP contribution < -0.4 is 0 Å². The number of hydrogen-bond acceptors (Lipinski definition) is 2. The van der Waals surface area contributed by atoms with E-state index in [1.54, 1.807) is 0 Å². The molecule has 0 atom stereocenters. The van der Waals surface area contributed by atoms with Crippen molar-refractivity contribution in [1.29, 1.82) is 0 Å². The minimum Gasteiger partial charge on any atom is -0.233 e. The van der Waals surface area contributed by atoms with Crippen molar-refractivity contribution < 1.29 is 0 Å². The highest BCUT2D eigenvalue weighted by atomic mass is 35.5. The Balaban J connectivity index is 2.59. The van der Waals surface area contributed by atoms with Crippen LogP contribution in [0.2, 0.25) is 5.15 Å². The fourth-order valence-electron chi connectivity index (χ4n) is 1.74. The molecule has 1 aromatic carbocycles. The van der Waals surface area contributed by atoms with Crippen LogP contribution in [0.5, 0.6) is 0 Å². The number of aromatic nitrogens is 2. The molecule has 0 aliphatic rings. The zero-order valence-corrected chi connectivity index (χ0v) is 11.0. The molecule has 17 heavy (non-hydrogen) atoms. The van der Waals surface area contributed by atoms with Gasteiger partial charge in [-0.3, -0.25) is 0 Å². The van der Waals surface area contributed by atoms with E-state index in [1.165, 1.54) is 11.1 Å². The summed E-state index contributed by atoms with van der Waals surface area (Å²) in [5.41, 5.74) is 4.40. The summed E-state index contributed by atoms with van der Waals surface area (Å²) in [6, 6.07) is 8.08. The molecule has 1 heterocycles. The quantitative estimate of drug-likeness (QED) is 0.750. The van der Waals surface area contributed by atoms with Gasteiger partial charge in [0.15, 0.2) is 5.82 Å². The highest BCUT2D eigenvalue weighted by molar-refractivity contribution is 6.29. The van der Waals surface area contributed by atoms with Gasteiger partial charge in [0, 0.05) is 11.3 Å². The summed E-state index contributed by atoms with van der Waals surface area (Å²) < 4.78 is 0. The van der Waals surface area contributed by atoms with Gasteiger partial charge in [-0.05, 0) is 38.0 Å². The summed E-state index contributed by atoms with van der Waals surface area (Å²) in [6.07, 6.45) is 0.861. The number of halogens is 1. The first-order chi connectivity index (χ1) is 8.10. The molecule has 0 amide bonds. The molecule has 0 bridgehead atoms. The van der Waals surface area contributed by atoms with Crippen LogP contribution in [0.25, 0.3) is 11.4 Å². The van der Waals surface area contributed by atoms with Gasteiger partial charge in [-0.25, -0.2) is 9.97 Å². The van der Waals surface area contributed by atoms with Gasteiger partial charge in [0.2, 0.25) is 0 Å². The van der Waals surface area contributed by atoms with Crippen LogP contribution in [-0.2, 0) is 6.42 Å². The first-order valence-corrected chi connectivity index (χ1v) is 6.09. The molecule has 2 aromatic rings. The maximum Gasteiger partial charge on any atom is 0.161 e. The maximum absolute atomic E-state index is 6.02. The molecule has 1 aromatic heterocycles.